The van der Waals surface area contributed by atoms with Crippen LogP contribution >= 0.6 is 0 Å². The lowest BCUT2D eigenvalue weighted by Gasteiger charge is -2.32. The Labute approximate surface area is 208 Å². The number of likely N-dealkylation sites (tertiary alicyclic amines) is 1. The minimum absolute atomic E-state index is 0.206. The Kier molecular flexibility index (Phi) is 9.37. The number of aromatic nitrogens is 2. The second-order valence-corrected chi connectivity index (χ2v) is 9.06. The van der Waals surface area contributed by atoms with Gasteiger partial charge in [-0.05, 0) is 63.9 Å². The molecule has 1 aliphatic rings. The van der Waals surface area contributed by atoms with E-state index in [1.165, 1.54) is 11.1 Å². The molecule has 35 heavy (non-hydrogen) atoms. The van der Waals surface area contributed by atoms with E-state index in [9.17, 15) is 4.79 Å². The molecule has 8 nitrogen and oxygen atoms in total. The van der Waals surface area contributed by atoms with Crippen molar-refractivity contribution < 1.29 is 9.21 Å². The van der Waals surface area contributed by atoms with Crippen LogP contribution in [0.1, 0.15) is 64.8 Å². The highest BCUT2D eigenvalue weighted by Crippen LogP contribution is 2.27. The van der Waals surface area contributed by atoms with Crippen LogP contribution in [0.3, 0.4) is 0 Å². The molecule has 3 rings (SSSR count). The molecule has 188 valence electrons. The van der Waals surface area contributed by atoms with Crippen LogP contribution in [0.15, 0.2) is 51.0 Å². The van der Waals surface area contributed by atoms with Crippen LogP contribution < -0.4 is 11.1 Å². The normalized spacial score (nSPS) is 16.4. The summed E-state index contributed by atoms with van der Waals surface area (Å²) in [6.07, 6.45) is 5.34. The van der Waals surface area contributed by atoms with Gasteiger partial charge in [0.05, 0.1) is 0 Å². The van der Waals surface area contributed by atoms with Crippen molar-refractivity contribution in [1.82, 2.24) is 20.4 Å². The molecule has 1 aromatic carbocycles. The number of rotatable bonds is 9. The fourth-order valence-corrected chi connectivity index (χ4v) is 4.08. The molecule has 1 saturated heterocycles. The Hall–Kier alpha value is -3.26. The molecule has 0 bridgehead atoms. The van der Waals surface area contributed by atoms with Crippen LogP contribution in [0.25, 0.3) is 17.2 Å². The molecule has 3 N–H and O–H groups in total. The van der Waals surface area contributed by atoms with E-state index in [1.54, 1.807) is 6.92 Å². The van der Waals surface area contributed by atoms with Crippen molar-refractivity contribution >= 4 is 17.3 Å². The van der Waals surface area contributed by atoms with E-state index in [1.807, 2.05) is 43.1 Å². The molecule has 0 aliphatic carbocycles. The van der Waals surface area contributed by atoms with Crippen molar-refractivity contribution in [2.24, 2.45) is 16.6 Å². The Morgan fingerprint density at radius 1 is 1.17 bits per heavy atom. The number of carbonyl (C=O) groups is 1. The van der Waals surface area contributed by atoms with E-state index in [4.69, 9.17) is 15.1 Å². The zero-order valence-electron chi connectivity index (χ0n) is 21.6. The zero-order valence-corrected chi connectivity index (χ0v) is 21.6. The fraction of sp³-hybridized carbons (Fsp3) is 0.481. The number of carbonyl (C=O) groups excluding carboxylic acids is 1. The van der Waals surface area contributed by atoms with Gasteiger partial charge in [0.25, 0.3) is 5.89 Å². The van der Waals surface area contributed by atoms with E-state index in [0.717, 1.165) is 50.2 Å². The van der Waals surface area contributed by atoms with E-state index in [-0.39, 0.29) is 11.8 Å². The summed E-state index contributed by atoms with van der Waals surface area (Å²) in [7, 11) is 1.92. The standard InChI is InChI=1S/C27H38N6O2/c1-6-18(3)16-23(21-12-14-33(15-13-21)24(34)7-2)30-25(19(4)28)27-32-31-26(35-27)22-10-8-20(9-11-22)17-29-5/h8-11,16,21,29H,6-7,12-15,17,28H2,1-5H3/b18-16+,25-19+,30-23-. The lowest BCUT2D eigenvalue weighted by Crippen LogP contribution is -2.39. The Balaban J connectivity index is 1.89. The monoisotopic (exact) mass is 478 g/mol. The van der Waals surface area contributed by atoms with Gasteiger partial charge in [-0.3, -0.25) is 4.79 Å². The van der Waals surface area contributed by atoms with Crippen LogP contribution in [0.2, 0.25) is 0 Å². The van der Waals surface area contributed by atoms with Gasteiger partial charge in [0.2, 0.25) is 11.8 Å². The quantitative estimate of drug-likeness (QED) is 0.512. The first-order valence-electron chi connectivity index (χ1n) is 12.4. The smallest absolute Gasteiger partial charge is 0.268 e. The highest BCUT2D eigenvalue weighted by Gasteiger charge is 2.26. The maximum absolute atomic E-state index is 12.1. The van der Waals surface area contributed by atoms with Gasteiger partial charge < -0.3 is 20.4 Å². The molecule has 0 spiro atoms. The molecule has 1 fully saturated rings. The molecule has 0 atom stereocenters. The molecule has 0 saturated carbocycles. The maximum atomic E-state index is 12.1. The summed E-state index contributed by atoms with van der Waals surface area (Å²) in [4.78, 5) is 19.0. The molecule has 8 heteroatoms. The van der Waals surface area contributed by atoms with Crippen LogP contribution in [0.4, 0.5) is 0 Å². The third-order valence-electron chi connectivity index (χ3n) is 6.34. The van der Waals surface area contributed by atoms with Gasteiger partial charge in [-0.25, -0.2) is 4.99 Å². The van der Waals surface area contributed by atoms with Crippen LogP contribution in [-0.2, 0) is 11.3 Å². The SMILES string of the molecule is CCC(=O)N1CCC(C(/C=C(\C)CC)=N\C(=C(/C)N)c2nnc(-c3ccc(CNC)cc3)o2)CC1. The van der Waals surface area contributed by atoms with Gasteiger partial charge in [0, 0.05) is 48.9 Å². The predicted octanol–water partition coefficient (Wildman–Crippen LogP) is 4.55. The average molecular weight is 479 g/mol. The predicted molar refractivity (Wildman–Crippen MR) is 140 cm³/mol. The molecule has 2 aromatic rings. The molecule has 1 aliphatic heterocycles. The highest BCUT2D eigenvalue weighted by atomic mass is 16.4. The van der Waals surface area contributed by atoms with Gasteiger partial charge >= 0.3 is 0 Å². The number of benzene rings is 1. The summed E-state index contributed by atoms with van der Waals surface area (Å²) in [5.74, 6) is 1.17. The van der Waals surface area contributed by atoms with Crippen molar-refractivity contribution in [2.75, 3.05) is 20.1 Å². The largest absolute Gasteiger partial charge is 0.415 e. The van der Waals surface area contributed by atoms with Gasteiger partial charge in [-0.1, -0.05) is 31.6 Å². The molecule has 0 radical (unpaired) electrons. The van der Waals surface area contributed by atoms with Crippen LogP contribution in [0.5, 0.6) is 0 Å². The molecule has 1 aromatic heterocycles. The van der Waals surface area contributed by atoms with Crippen LogP contribution in [-0.4, -0.2) is 46.9 Å². The van der Waals surface area contributed by atoms with E-state index in [0.29, 0.717) is 29.6 Å². The minimum atomic E-state index is 0.206. The number of piperidine rings is 1. The van der Waals surface area contributed by atoms with Crippen molar-refractivity contribution in [1.29, 1.82) is 0 Å². The van der Waals surface area contributed by atoms with Crippen molar-refractivity contribution in [3.05, 3.63) is 53.1 Å². The Morgan fingerprint density at radius 3 is 2.43 bits per heavy atom. The number of nitrogens with two attached hydrogens (primary N) is 1. The van der Waals surface area contributed by atoms with Crippen molar-refractivity contribution in [3.63, 3.8) is 0 Å². The van der Waals surface area contributed by atoms with Crippen molar-refractivity contribution in [3.8, 4) is 11.5 Å². The first-order valence-corrected chi connectivity index (χ1v) is 12.4. The third kappa shape index (κ3) is 6.88. The lowest BCUT2D eigenvalue weighted by molar-refractivity contribution is -0.131. The zero-order chi connectivity index (χ0) is 25.4. The summed E-state index contributed by atoms with van der Waals surface area (Å²) >= 11 is 0. The molecule has 1 amide bonds. The molecular weight excluding hydrogens is 440 g/mol. The molecule has 0 unspecified atom stereocenters. The summed E-state index contributed by atoms with van der Waals surface area (Å²) in [6, 6.07) is 8.00. The number of allylic oxidation sites excluding steroid dienone is 3. The second-order valence-electron chi connectivity index (χ2n) is 9.06. The lowest BCUT2D eigenvalue weighted by atomic mass is 9.90. The minimum Gasteiger partial charge on any atom is -0.415 e. The fourth-order valence-electron chi connectivity index (χ4n) is 4.08. The number of aliphatic imine (C=N–C) groups is 1. The summed E-state index contributed by atoms with van der Waals surface area (Å²) in [5.41, 5.74) is 11.5. The maximum Gasteiger partial charge on any atom is 0.268 e. The number of amides is 1. The molecular formula is C27H38N6O2. The first-order chi connectivity index (χ1) is 16.9. The topological polar surface area (TPSA) is 110 Å². The number of hydrogen-bond donors (Lipinski definition) is 2. The number of nitrogens with one attached hydrogen (secondary N) is 1. The van der Waals surface area contributed by atoms with E-state index < -0.39 is 0 Å². The van der Waals surface area contributed by atoms with E-state index >= 15 is 0 Å². The van der Waals surface area contributed by atoms with Crippen molar-refractivity contribution in [2.45, 2.75) is 59.9 Å². The highest BCUT2D eigenvalue weighted by molar-refractivity contribution is 6.00. The summed E-state index contributed by atoms with van der Waals surface area (Å²) in [6.45, 7) is 10.2. The summed E-state index contributed by atoms with van der Waals surface area (Å²) < 4.78 is 6.02. The third-order valence-corrected chi connectivity index (χ3v) is 6.34. The van der Waals surface area contributed by atoms with Crippen LogP contribution in [0, 0.1) is 5.92 Å². The van der Waals surface area contributed by atoms with Gasteiger partial charge in [0.1, 0.15) is 5.70 Å². The first kappa shape index (κ1) is 26.3. The number of nitrogens with zero attached hydrogens (tertiary/aromatic N) is 4. The summed E-state index contributed by atoms with van der Waals surface area (Å²) in [5, 5.41) is 11.7. The Morgan fingerprint density at radius 2 is 1.86 bits per heavy atom. The average Bonchev–Trinajstić information content (AvgIpc) is 3.36. The Bertz CT molecular complexity index is 1090. The van der Waals surface area contributed by atoms with E-state index in [2.05, 4.69) is 35.4 Å². The van der Waals surface area contributed by atoms with Gasteiger partial charge in [0.15, 0.2) is 0 Å². The second kappa shape index (κ2) is 12.4. The number of hydrogen-bond acceptors (Lipinski definition) is 7. The van der Waals surface area contributed by atoms with Gasteiger partial charge in [-0.15, -0.1) is 10.2 Å². The van der Waals surface area contributed by atoms with Gasteiger partial charge in [-0.2, -0.15) is 0 Å². The molecule has 2 heterocycles.